The van der Waals surface area contributed by atoms with Gasteiger partial charge >= 0.3 is 0 Å². The van der Waals surface area contributed by atoms with Crippen LogP contribution in [0.1, 0.15) is 33.1 Å². The summed E-state index contributed by atoms with van der Waals surface area (Å²) in [7, 11) is 4.37. The highest BCUT2D eigenvalue weighted by Crippen LogP contribution is 2.40. The van der Waals surface area contributed by atoms with E-state index < -0.39 is 0 Å². The van der Waals surface area contributed by atoms with E-state index in [9.17, 15) is 0 Å². The van der Waals surface area contributed by atoms with E-state index in [1.807, 2.05) is 0 Å². The second kappa shape index (κ2) is 4.63. The fourth-order valence-electron chi connectivity index (χ4n) is 3.50. The van der Waals surface area contributed by atoms with Crippen molar-refractivity contribution in [2.24, 2.45) is 5.41 Å². The van der Waals surface area contributed by atoms with E-state index in [0.717, 1.165) is 13.2 Å². The molecule has 94 valence electrons. The van der Waals surface area contributed by atoms with Crippen molar-refractivity contribution in [2.75, 3.05) is 27.3 Å². The van der Waals surface area contributed by atoms with Gasteiger partial charge in [0.05, 0.1) is 6.61 Å². The molecule has 3 unspecified atom stereocenters. The first-order valence-electron chi connectivity index (χ1n) is 6.53. The van der Waals surface area contributed by atoms with Crippen LogP contribution in [0.5, 0.6) is 0 Å². The van der Waals surface area contributed by atoms with Crippen molar-refractivity contribution in [1.82, 2.24) is 10.2 Å². The topological polar surface area (TPSA) is 24.5 Å². The molecule has 1 heterocycles. The van der Waals surface area contributed by atoms with E-state index in [1.165, 1.54) is 19.3 Å². The maximum atomic E-state index is 5.50. The van der Waals surface area contributed by atoms with E-state index in [-0.39, 0.29) is 0 Å². The van der Waals surface area contributed by atoms with Crippen LogP contribution < -0.4 is 5.32 Å². The highest BCUT2D eigenvalue weighted by molar-refractivity contribution is 5.01. The third-order valence-corrected chi connectivity index (χ3v) is 4.63. The maximum absolute atomic E-state index is 5.50. The summed E-state index contributed by atoms with van der Waals surface area (Å²) >= 11 is 0. The average molecular weight is 226 g/mol. The van der Waals surface area contributed by atoms with Crippen LogP contribution >= 0.6 is 0 Å². The van der Waals surface area contributed by atoms with Crippen molar-refractivity contribution < 1.29 is 4.74 Å². The van der Waals surface area contributed by atoms with Crippen LogP contribution in [0, 0.1) is 5.41 Å². The Morgan fingerprint density at radius 1 is 1.31 bits per heavy atom. The molecule has 0 aromatic carbocycles. The van der Waals surface area contributed by atoms with Gasteiger partial charge in [-0.1, -0.05) is 13.8 Å². The van der Waals surface area contributed by atoms with Crippen LogP contribution in [0.3, 0.4) is 0 Å². The number of hydrogen-bond donors (Lipinski definition) is 1. The summed E-state index contributed by atoms with van der Waals surface area (Å²) < 4.78 is 5.50. The Balaban J connectivity index is 2.03. The van der Waals surface area contributed by atoms with Crippen molar-refractivity contribution in [2.45, 2.75) is 51.2 Å². The lowest BCUT2D eigenvalue weighted by molar-refractivity contribution is 0.111. The molecule has 0 aromatic rings. The summed E-state index contributed by atoms with van der Waals surface area (Å²) in [6.45, 7) is 6.62. The molecule has 0 amide bonds. The minimum Gasteiger partial charge on any atom is -0.380 e. The van der Waals surface area contributed by atoms with Crippen molar-refractivity contribution in [3.05, 3.63) is 0 Å². The standard InChI is InChI=1S/C13H26N2O/c1-13(2)7-5-11(12(13)14-3)15(4)10-6-8-16-9-10/h10-12,14H,5-9H2,1-4H3. The van der Waals surface area contributed by atoms with E-state index in [0.29, 0.717) is 23.5 Å². The molecule has 16 heavy (non-hydrogen) atoms. The number of likely N-dealkylation sites (N-methyl/N-ethyl adjacent to an activating group) is 2. The lowest BCUT2D eigenvalue weighted by atomic mass is 9.86. The summed E-state index contributed by atoms with van der Waals surface area (Å²) in [4.78, 5) is 2.56. The lowest BCUT2D eigenvalue weighted by Gasteiger charge is -2.37. The largest absolute Gasteiger partial charge is 0.380 e. The predicted molar refractivity (Wildman–Crippen MR) is 66.6 cm³/mol. The van der Waals surface area contributed by atoms with Gasteiger partial charge < -0.3 is 10.1 Å². The summed E-state index contributed by atoms with van der Waals surface area (Å²) in [6, 6.07) is 1.92. The quantitative estimate of drug-likeness (QED) is 0.789. The minimum absolute atomic E-state index is 0.424. The number of rotatable bonds is 3. The zero-order chi connectivity index (χ0) is 11.8. The molecule has 0 radical (unpaired) electrons. The van der Waals surface area contributed by atoms with Gasteiger partial charge in [0.2, 0.25) is 0 Å². The molecule has 3 atom stereocenters. The lowest BCUT2D eigenvalue weighted by Crippen LogP contribution is -2.52. The van der Waals surface area contributed by atoms with Gasteiger partial charge in [-0.2, -0.15) is 0 Å². The van der Waals surface area contributed by atoms with E-state index >= 15 is 0 Å². The second-order valence-electron chi connectivity index (χ2n) is 6.04. The normalized spacial score (nSPS) is 38.4. The number of nitrogens with zero attached hydrogens (tertiary/aromatic N) is 1. The van der Waals surface area contributed by atoms with Crippen molar-refractivity contribution in [1.29, 1.82) is 0 Å². The van der Waals surface area contributed by atoms with E-state index in [4.69, 9.17) is 4.74 Å². The van der Waals surface area contributed by atoms with Crippen molar-refractivity contribution in [3.63, 3.8) is 0 Å². The average Bonchev–Trinajstić information content (AvgIpc) is 2.83. The van der Waals surface area contributed by atoms with Gasteiger partial charge in [0.15, 0.2) is 0 Å². The molecule has 2 aliphatic rings. The Morgan fingerprint density at radius 3 is 2.62 bits per heavy atom. The van der Waals surface area contributed by atoms with Crippen LogP contribution in [0.25, 0.3) is 0 Å². The summed E-state index contributed by atoms with van der Waals surface area (Å²) in [6.07, 6.45) is 3.83. The first-order valence-corrected chi connectivity index (χ1v) is 6.53. The van der Waals surface area contributed by atoms with Gasteiger partial charge in [0, 0.05) is 24.7 Å². The zero-order valence-corrected chi connectivity index (χ0v) is 11.1. The Morgan fingerprint density at radius 2 is 2.06 bits per heavy atom. The zero-order valence-electron chi connectivity index (χ0n) is 11.1. The molecule has 1 aliphatic heterocycles. The monoisotopic (exact) mass is 226 g/mol. The molecule has 0 aromatic heterocycles. The van der Waals surface area contributed by atoms with Gasteiger partial charge in [-0.05, 0) is 38.8 Å². The smallest absolute Gasteiger partial charge is 0.0622 e. The third kappa shape index (κ3) is 2.13. The van der Waals surface area contributed by atoms with Crippen LogP contribution in [0.2, 0.25) is 0 Å². The molecular formula is C13H26N2O. The summed E-state index contributed by atoms with van der Waals surface area (Å²) in [5, 5.41) is 3.53. The molecule has 2 rings (SSSR count). The fourth-order valence-corrected chi connectivity index (χ4v) is 3.50. The molecule has 0 bridgehead atoms. The van der Waals surface area contributed by atoms with Gasteiger partial charge in [-0.25, -0.2) is 0 Å². The van der Waals surface area contributed by atoms with Gasteiger partial charge in [-0.3, -0.25) is 4.90 Å². The van der Waals surface area contributed by atoms with Crippen LogP contribution in [-0.2, 0) is 4.74 Å². The van der Waals surface area contributed by atoms with Crippen LogP contribution in [0.4, 0.5) is 0 Å². The molecule has 1 saturated carbocycles. The molecule has 3 heteroatoms. The Kier molecular flexibility index (Phi) is 3.57. The molecule has 0 spiro atoms. The molecular weight excluding hydrogens is 200 g/mol. The van der Waals surface area contributed by atoms with Gasteiger partial charge in [0.25, 0.3) is 0 Å². The van der Waals surface area contributed by atoms with Crippen LogP contribution in [0.15, 0.2) is 0 Å². The number of ether oxygens (including phenoxy) is 1. The van der Waals surface area contributed by atoms with Crippen LogP contribution in [-0.4, -0.2) is 50.3 Å². The maximum Gasteiger partial charge on any atom is 0.0622 e. The SMILES string of the molecule is CNC1C(N(C)C2CCOC2)CCC1(C)C. The molecule has 1 saturated heterocycles. The fraction of sp³-hybridized carbons (Fsp3) is 1.00. The Hall–Kier alpha value is -0.120. The predicted octanol–water partition coefficient (Wildman–Crippen LogP) is 1.48. The molecule has 1 aliphatic carbocycles. The Labute approximate surface area is 99.5 Å². The Bertz CT molecular complexity index is 236. The van der Waals surface area contributed by atoms with E-state index in [2.05, 4.69) is 38.2 Å². The third-order valence-electron chi connectivity index (χ3n) is 4.63. The van der Waals surface area contributed by atoms with Crippen molar-refractivity contribution in [3.8, 4) is 0 Å². The second-order valence-corrected chi connectivity index (χ2v) is 6.04. The minimum atomic E-state index is 0.424. The summed E-state index contributed by atoms with van der Waals surface area (Å²) in [5.74, 6) is 0. The van der Waals surface area contributed by atoms with Crippen molar-refractivity contribution >= 4 is 0 Å². The highest BCUT2D eigenvalue weighted by atomic mass is 16.5. The first-order chi connectivity index (χ1) is 7.56. The number of hydrogen-bond acceptors (Lipinski definition) is 3. The molecule has 1 N–H and O–H groups in total. The molecule has 3 nitrogen and oxygen atoms in total. The van der Waals surface area contributed by atoms with E-state index in [1.54, 1.807) is 0 Å². The number of nitrogens with one attached hydrogen (secondary N) is 1. The first kappa shape index (κ1) is 12.3. The summed E-state index contributed by atoms with van der Waals surface area (Å²) in [5.41, 5.74) is 0.424. The van der Waals surface area contributed by atoms with Gasteiger partial charge in [0.1, 0.15) is 0 Å². The molecule has 2 fully saturated rings. The highest BCUT2D eigenvalue weighted by Gasteiger charge is 2.44. The van der Waals surface area contributed by atoms with Gasteiger partial charge in [-0.15, -0.1) is 0 Å².